The Labute approximate surface area is 154 Å². The summed E-state index contributed by atoms with van der Waals surface area (Å²) in [6.07, 6.45) is 1.23. The van der Waals surface area contributed by atoms with Gasteiger partial charge in [-0.15, -0.1) is 11.3 Å². The number of rotatable bonds is 7. The van der Waals surface area contributed by atoms with Gasteiger partial charge in [-0.1, -0.05) is 17.3 Å². The summed E-state index contributed by atoms with van der Waals surface area (Å²) in [7, 11) is -3.81. The zero-order valence-electron chi connectivity index (χ0n) is 13.6. The van der Waals surface area contributed by atoms with Crippen molar-refractivity contribution < 1.29 is 17.7 Å². The Hall–Kier alpha value is -2.56. The Morgan fingerprint density at radius 1 is 1.27 bits per heavy atom. The van der Waals surface area contributed by atoms with Gasteiger partial charge in [0.15, 0.2) is 0 Å². The van der Waals surface area contributed by atoms with Crippen molar-refractivity contribution in [2.24, 2.45) is 5.14 Å². The maximum absolute atomic E-state index is 12.0. The van der Waals surface area contributed by atoms with E-state index >= 15 is 0 Å². The lowest BCUT2D eigenvalue weighted by atomic mass is 10.2. The third-order valence-electron chi connectivity index (χ3n) is 3.45. The first-order valence-electron chi connectivity index (χ1n) is 7.71. The third kappa shape index (κ3) is 4.75. The van der Waals surface area contributed by atoms with Crippen LogP contribution in [0.15, 0.2) is 51.2 Å². The number of nitrogens with one attached hydrogen (secondary N) is 1. The fraction of sp³-hybridized carbons (Fsp3) is 0.188. The minimum absolute atomic E-state index is 0.0535. The number of primary sulfonamides is 1. The zero-order valence-corrected chi connectivity index (χ0v) is 15.2. The van der Waals surface area contributed by atoms with Crippen molar-refractivity contribution in [3.8, 4) is 10.7 Å². The van der Waals surface area contributed by atoms with E-state index in [0.29, 0.717) is 30.2 Å². The van der Waals surface area contributed by atoms with Gasteiger partial charge in [0.25, 0.3) is 0 Å². The number of carbonyl (C=O) groups excluding carboxylic acids is 1. The number of amides is 1. The molecule has 1 aromatic carbocycles. The first-order valence-corrected chi connectivity index (χ1v) is 10.1. The Bertz CT molecular complexity index is 997. The van der Waals surface area contributed by atoms with Gasteiger partial charge in [-0.25, -0.2) is 13.6 Å². The first-order chi connectivity index (χ1) is 12.4. The highest BCUT2D eigenvalue weighted by molar-refractivity contribution is 7.89. The van der Waals surface area contributed by atoms with Crippen LogP contribution in [0, 0.1) is 0 Å². The van der Waals surface area contributed by atoms with Crippen LogP contribution in [0.5, 0.6) is 0 Å². The van der Waals surface area contributed by atoms with Crippen LogP contribution >= 0.6 is 11.3 Å². The van der Waals surface area contributed by atoms with Gasteiger partial charge < -0.3 is 9.84 Å². The molecule has 0 unspecified atom stereocenters. The van der Waals surface area contributed by atoms with Gasteiger partial charge in [-0.3, -0.25) is 4.79 Å². The predicted molar refractivity (Wildman–Crippen MR) is 97.0 cm³/mol. The first kappa shape index (κ1) is 18.2. The summed E-state index contributed by atoms with van der Waals surface area (Å²) in [5.41, 5.74) is 0.374. The van der Waals surface area contributed by atoms with Crippen molar-refractivity contribution in [1.82, 2.24) is 10.1 Å². The number of aromatic nitrogens is 2. The highest BCUT2D eigenvalue weighted by atomic mass is 32.2. The van der Waals surface area contributed by atoms with Crippen molar-refractivity contribution >= 4 is 33.0 Å². The van der Waals surface area contributed by atoms with Crippen LogP contribution in [0.25, 0.3) is 10.7 Å². The van der Waals surface area contributed by atoms with Crippen LogP contribution < -0.4 is 10.5 Å². The fourth-order valence-electron chi connectivity index (χ4n) is 2.24. The molecule has 0 aliphatic carbocycles. The highest BCUT2D eigenvalue weighted by Gasteiger charge is 2.12. The molecule has 3 aromatic rings. The SMILES string of the molecule is NS(=O)(=O)c1cccc(NC(=O)CCCc2nc(-c3cccs3)no2)c1. The van der Waals surface area contributed by atoms with Crippen molar-refractivity contribution in [2.45, 2.75) is 24.2 Å². The molecule has 2 aromatic heterocycles. The normalized spacial score (nSPS) is 11.4. The number of nitrogens with zero attached hydrogens (tertiary/aromatic N) is 2. The smallest absolute Gasteiger partial charge is 0.238 e. The Morgan fingerprint density at radius 3 is 2.85 bits per heavy atom. The fourth-order valence-corrected chi connectivity index (χ4v) is 3.45. The van der Waals surface area contributed by atoms with Crippen LogP contribution in [0.3, 0.4) is 0 Å². The Kier molecular flexibility index (Phi) is 5.45. The molecule has 0 radical (unpaired) electrons. The number of benzene rings is 1. The van der Waals surface area contributed by atoms with Gasteiger partial charge >= 0.3 is 0 Å². The molecule has 0 aliphatic heterocycles. The minimum atomic E-state index is -3.81. The summed E-state index contributed by atoms with van der Waals surface area (Å²) in [4.78, 5) is 17.2. The number of sulfonamides is 1. The van der Waals surface area contributed by atoms with Gasteiger partial charge in [0.05, 0.1) is 9.77 Å². The Morgan fingerprint density at radius 2 is 2.12 bits per heavy atom. The second-order valence-corrected chi connectivity index (χ2v) is 7.97. The average Bonchev–Trinajstić information content (AvgIpc) is 3.25. The second kappa shape index (κ2) is 7.77. The van der Waals surface area contributed by atoms with E-state index in [1.807, 2.05) is 17.5 Å². The molecular formula is C16H16N4O4S2. The van der Waals surface area contributed by atoms with E-state index in [9.17, 15) is 13.2 Å². The van der Waals surface area contributed by atoms with Crippen molar-refractivity contribution in [3.05, 3.63) is 47.7 Å². The molecule has 3 N–H and O–H groups in total. The summed E-state index contributed by atoms with van der Waals surface area (Å²) in [5, 5.41) is 13.6. The lowest BCUT2D eigenvalue weighted by Gasteiger charge is -2.06. The second-order valence-electron chi connectivity index (χ2n) is 5.46. The number of aryl methyl sites for hydroxylation is 1. The molecule has 8 nitrogen and oxygen atoms in total. The van der Waals surface area contributed by atoms with Crippen LogP contribution in [0.2, 0.25) is 0 Å². The lowest BCUT2D eigenvalue weighted by molar-refractivity contribution is -0.116. The van der Waals surface area contributed by atoms with Gasteiger partial charge in [-0.2, -0.15) is 4.98 Å². The topological polar surface area (TPSA) is 128 Å². The van der Waals surface area contributed by atoms with E-state index in [1.54, 1.807) is 6.07 Å². The molecule has 0 saturated carbocycles. The molecule has 2 heterocycles. The molecule has 0 spiro atoms. The quantitative estimate of drug-likeness (QED) is 0.635. The molecule has 0 bridgehead atoms. The Balaban J connectivity index is 1.50. The number of hydrogen-bond acceptors (Lipinski definition) is 7. The summed E-state index contributed by atoms with van der Waals surface area (Å²) < 4.78 is 27.8. The average molecular weight is 392 g/mol. The van der Waals surface area contributed by atoms with Gasteiger partial charge in [-0.05, 0) is 36.1 Å². The van der Waals surface area contributed by atoms with Gasteiger partial charge in [0, 0.05) is 18.5 Å². The monoisotopic (exact) mass is 392 g/mol. The molecule has 10 heteroatoms. The number of anilines is 1. The number of nitrogens with two attached hydrogens (primary N) is 1. The highest BCUT2D eigenvalue weighted by Crippen LogP contribution is 2.21. The van der Waals surface area contributed by atoms with Crippen molar-refractivity contribution in [1.29, 1.82) is 0 Å². The summed E-state index contributed by atoms with van der Waals surface area (Å²) >= 11 is 1.52. The molecule has 136 valence electrons. The number of thiophene rings is 1. The maximum atomic E-state index is 12.0. The molecule has 26 heavy (non-hydrogen) atoms. The third-order valence-corrected chi connectivity index (χ3v) is 5.23. The minimum Gasteiger partial charge on any atom is -0.339 e. The van der Waals surface area contributed by atoms with E-state index in [0.717, 1.165) is 4.88 Å². The van der Waals surface area contributed by atoms with E-state index in [1.165, 1.54) is 29.5 Å². The molecule has 0 fully saturated rings. The van der Waals surface area contributed by atoms with Gasteiger partial charge in [0.2, 0.25) is 27.6 Å². The van der Waals surface area contributed by atoms with Crippen molar-refractivity contribution in [2.75, 3.05) is 5.32 Å². The number of carbonyl (C=O) groups is 1. The van der Waals surface area contributed by atoms with E-state index in [4.69, 9.17) is 9.66 Å². The molecule has 1 amide bonds. The van der Waals surface area contributed by atoms with E-state index in [2.05, 4.69) is 15.5 Å². The van der Waals surface area contributed by atoms with Gasteiger partial charge in [0.1, 0.15) is 0 Å². The summed E-state index contributed by atoms with van der Waals surface area (Å²) in [5.74, 6) is 0.770. The molecule has 0 atom stereocenters. The van der Waals surface area contributed by atoms with Crippen LogP contribution in [-0.4, -0.2) is 24.5 Å². The molecule has 0 aliphatic rings. The van der Waals surface area contributed by atoms with Crippen molar-refractivity contribution in [3.63, 3.8) is 0 Å². The number of hydrogen-bond donors (Lipinski definition) is 2. The summed E-state index contributed by atoms with van der Waals surface area (Å²) in [6.45, 7) is 0. The standard InChI is InChI=1S/C16H16N4O4S2/c17-26(22,23)12-5-1-4-11(10-12)18-14(21)7-2-8-15-19-16(20-24-15)13-6-3-9-25-13/h1,3-6,9-10H,2,7-8H2,(H,18,21)(H2,17,22,23). The summed E-state index contributed by atoms with van der Waals surface area (Å²) in [6, 6.07) is 9.61. The largest absolute Gasteiger partial charge is 0.339 e. The zero-order chi connectivity index (χ0) is 18.6. The van der Waals surface area contributed by atoms with E-state index < -0.39 is 10.0 Å². The van der Waals surface area contributed by atoms with Crippen LogP contribution in [0.4, 0.5) is 5.69 Å². The molecular weight excluding hydrogens is 376 g/mol. The molecule has 0 saturated heterocycles. The lowest BCUT2D eigenvalue weighted by Crippen LogP contribution is -2.14. The molecule has 3 rings (SSSR count). The van der Waals surface area contributed by atoms with Crippen LogP contribution in [0.1, 0.15) is 18.7 Å². The maximum Gasteiger partial charge on any atom is 0.238 e. The van der Waals surface area contributed by atoms with E-state index in [-0.39, 0.29) is 17.2 Å². The van der Waals surface area contributed by atoms with Crippen LogP contribution in [-0.2, 0) is 21.2 Å². The predicted octanol–water partition coefficient (Wildman–Crippen LogP) is 2.41.